The summed E-state index contributed by atoms with van der Waals surface area (Å²) < 4.78 is 52.6. The average Bonchev–Trinajstić information content (AvgIpc) is 3.34. The normalized spacial score (nSPS) is 23.9. The van der Waals surface area contributed by atoms with Crippen molar-refractivity contribution in [2.24, 2.45) is 4.99 Å². The summed E-state index contributed by atoms with van der Waals surface area (Å²) in [5, 5.41) is 6.50. The van der Waals surface area contributed by atoms with Crippen LogP contribution in [0.15, 0.2) is 23.2 Å². The summed E-state index contributed by atoms with van der Waals surface area (Å²) in [6.45, 7) is 1.05. The molecule has 0 radical (unpaired) electrons. The van der Waals surface area contributed by atoms with Crippen molar-refractivity contribution in [2.45, 2.75) is 43.7 Å². The second kappa shape index (κ2) is 9.90. The highest BCUT2D eigenvalue weighted by Crippen LogP contribution is 2.43. The van der Waals surface area contributed by atoms with Gasteiger partial charge >= 0.3 is 0 Å². The van der Waals surface area contributed by atoms with Crippen LogP contribution in [0.5, 0.6) is 0 Å². The van der Waals surface area contributed by atoms with E-state index >= 15 is 0 Å². The number of likely N-dealkylation sites (tertiary alicyclic amines) is 1. The van der Waals surface area contributed by atoms with Gasteiger partial charge in [0.1, 0.15) is 11.6 Å². The summed E-state index contributed by atoms with van der Waals surface area (Å²) in [7, 11) is 1.64. The lowest BCUT2D eigenvalue weighted by atomic mass is 10.1. The standard InChI is InChI=1S/C18H24F4N4.HI/c1-23-18(24-11-5-7-26(8-6-11)10-16(21)22)25-15-9-12(15)17-13(19)3-2-4-14(17)20;/h2-4,11-12,15-16H,5-10H2,1H3,(H2,23,24,25);1H. The Labute approximate surface area is 173 Å². The summed E-state index contributed by atoms with van der Waals surface area (Å²) in [4.78, 5) is 5.94. The van der Waals surface area contributed by atoms with Gasteiger partial charge in [-0.05, 0) is 31.4 Å². The minimum atomic E-state index is -2.31. The SMILES string of the molecule is CN=C(NC1CCN(CC(F)F)CC1)NC1CC1c1c(F)cccc1F.I. The number of piperidine rings is 1. The van der Waals surface area contributed by atoms with E-state index in [1.54, 1.807) is 11.9 Å². The van der Waals surface area contributed by atoms with Crippen LogP contribution in [0, 0.1) is 11.6 Å². The molecule has 2 atom stereocenters. The van der Waals surface area contributed by atoms with E-state index in [9.17, 15) is 17.6 Å². The van der Waals surface area contributed by atoms with E-state index in [1.807, 2.05) is 0 Å². The molecule has 0 amide bonds. The fraction of sp³-hybridized carbons (Fsp3) is 0.611. The van der Waals surface area contributed by atoms with E-state index in [-0.39, 0.29) is 54.1 Å². The van der Waals surface area contributed by atoms with Gasteiger partial charge in [0.25, 0.3) is 6.43 Å². The Morgan fingerprint density at radius 3 is 2.37 bits per heavy atom. The Morgan fingerprint density at radius 1 is 1.19 bits per heavy atom. The average molecular weight is 500 g/mol. The molecule has 1 aliphatic carbocycles. The molecule has 0 bridgehead atoms. The number of nitrogens with zero attached hydrogens (tertiary/aromatic N) is 2. The molecule has 2 unspecified atom stereocenters. The molecule has 1 saturated heterocycles. The van der Waals surface area contributed by atoms with Crippen LogP contribution in [0.25, 0.3) is 0 Å². The van der Waals surface area contributed by atoms with Crippen molar-refractivity contribution in [1.29, 1.82) is 0 Å². The molecule has 1 aromatic rings. The highest BCUT2D eigenvalue weighted by molar-refractivity contribution is 14.0. The van der Waals surface area contributed by atoms with E-state index in [4.69, 9.17) is 0 Å². The molecule has 1 aliphatic heterocycles. The van der Waals surface area contributed by atoms with Crippen molar-refractivity contribution in [3.05, 3.63) is 35.4 Å². The lowest BCUT2D eigenvalue weighted by Crippen LogP contribution is -2.49. The van der Waals surface area contributed by atoms with Crippen molar-refractivity contribution in [2.75, 3.05) is 26.7 Å². The van der Waals surface area contributed by atoms with E-state index < -0.39 is 18.1 Å². The van der Waals surface area contributed by atoms with Crippen molar-refractivity contribution in [3.8, 4) is 0 Å². The Bertz CT molecular complexity index is 630. The molecule has 1 aromatic carbocycles. The zero-order valence-electron chi connectivity index (χ0n) is 15.1. The molecule has 4 nitrogen and oxygen atoms in total. The van der Waals surface area contributed by atoms with Gasteiger partial charge in [-0.3, -0.25) is 9.89 Å². The van der Waals surface area contributed by atoms with E-state index in [0.717, 1.165) is 12.8 Å². The number of halogens is 5. The molecule has 2 aliphatic rings. The summed E-state index contributed by atoms with van der Waals surface area (Å²) in [5.74, 6) is -0.661. The van der Waals surface area contributed by atoms with Gasteiger partial charge in [0.15, 0.2) is 5.96 Å². The van der Waals surface area contributed by atoms with Crippen LogP contribution < -0.4 is 10.6 Å². The molecule has 2 N–H and O–H groups in total. The van der Waals surface area contributed by atoms with Gasteiger partial charge < -0.3 is 10.6 Å². The molecule has 0 aromatic heterocycles. The first-order valence-electron chi connectivity index (χ1n) is 8.92. The van der Waals surface area contributed by atoms with Gasteiger partial charge in [0.2, 0.25) is 0 Å². The minimum absolute atomic E-state index is 0. The molecule has 152 valence electrons. The van der Waals surface area contributed by atoms with Crippen molar-refractivity contribution < 1.29 is 17.6 Å². The van der Waals surface area contributed by atoms with Gasteiger partial charge in [0, 0.05) is 43.7 Å². The fourth-order valence-electron chi connectivity index (χ4n) is 3.53. The third-order valence-corrected chi connectivity index (χ3v) is 5.03. The van der Waals surface area contributed by atoms with Gasteiger partial charge in [-0.1, -0.05) is 6.07 Å². The molecule has 3 rings (SSSR count). The highest BCUT2D eigenvalue weighted by atomic mass is 127. The predicted molar refractivity (Wildman–Crippen MR) is 108 cm³/mol. The molecule has 2 fully saturated rings. The van der Waals surface area contributed by atoms with Gasteiger partial charge in [0.05, 0.1) is 6.54 Å². The van der Waals surface area contributed by atoms with Crippen LogP contribution in [-0.2, 0) is 0 Å². The van der Waals surface area contributed by atoms with Crippen LogP contribution in [-0.4, -0.2) is 56.1 Å². The van der Waals surface area contributed by atoms with Crippen molar-refractivity contribution in [1.82, 2.24) is 15.5 Å². The van der Waals surface area contributed by atoms with Crippen LogP contribution in [0.4, 0.5) is 17.6 Å². The Kier molecular flexibility index (Phi) is 8.14. The van der Waals surface area contributed by atoms with E-state index in [2.05, 4.69) is 15.6 Å². The summed E-state index contributed by atoms with van der Waals surface area (Å²) >= 11 is 0. The molecule has 1 saturated carbocycles. The lowest BCUT2D eigenvalue weighted by Gasteiger charge is -2.32. The Morgan fingerprint density at radius 2 is 1.81 bits per heavy atom. The third kappa shape index (κ3) is 5.94. The molecular formula is C18H25F4IN4. The maximum atomic E-state index is 13.9. The Balaban J connectivity index is 0.00000261. The lowest BCUT2D eigenvalue weighted by molar-refractivity contribution is 0.0744. The first-order chi connectivity index (χ1) is 12.5. The van der Waals surface area contributed by atoms with Crippen LogP contribution >= 0.6 is 24.0 Å². The maximum Gasteiger partial charge on any atom is 0.251 e. The zero-order chi connectivity index (χ0) is 18.7. The highest BCUT2D eigenvalue weighted by Gasteiger charge is 2.42. The van der Waals surface area contributed by atoms with E-state index in [1.165, 1.54) is 18.2 Å². The smallest absolute Gasteiger partial charge is 0.251 e. The first-order valence-corrected chi connectivity index (χ1v) is 8.92. The second-order valence-electron chi connectivity index (χ2n) is 6.91. The van der Waals surface area contributed by atoms with Crippen LogP contribution in [0.1, 0.15) is 30.7 Å². The number of benzene rings is 1. The number of rotatable bonds is 5. The van der Waals surface area contributed by atoms with E-state index in [0.29, 0.717) is 25.5 Å². The summed E-state index contributed by atoms with van der Waals surface area (Å²) in [6.07, 6.45) is -0.155. The van der Waals surface area contributed by atoms with Crippen LogP contribution in [0.3, 0.4) is 0 Å². The van der Waals surface area contributed by atoms with Gasteiger partial charge in [-0.25, -0.2) is 17.6 Å². The monoisotopic (exact) mass is 500 g/mol. The zero-order valence-corrected chi connectivity index (χ0v) is 17.4. The second-order valence-corrected chi connectivity index (χ2v) is 6.91. The largest absolute Gasteiger partial charge is 0.354 e. The predicted octanol–water partition coefficient (Wildman–Crippen LogP) is 3.33. The molecular weight excluding hydrogens is 475 g/mol. The fourth-order valence-corrected chi connectivity index (χ4v) is 3.53. The molecule has 27 heavy (non-hydrogen) atoms. The molecule has 1 heterocycles. The van der Waals surface area contributed by atoms with Gasteiger partial charge in [-0.15, -0.1) is 24.0 Å². The van der Waals surface area contributed by atoms with Crippen LogP contribution in [0.2, 0.25) is 0 Å². The topological polar surface area (TPSA) is 39.7 Å². The maximum absolute atomic E-state index is 13.9. The quantitative estimate of drug-likeness (QED) is 0.282. The van der Waals surface area contributed by atoms with Crippen molar-refractivity contribution >= 4 is 29.9 Å². The number of guanidine groups is 1. The molecule has 0 spiro atoms. The number of aliphatic imine (C=N–C) groups is 1. The number of hydrogen-bond donors (Lipinski definition) is 2. The molecule has 9 heteroatoms. The Hall–Kier alpha value is -1.10. The van der Waals surface area contributed by atoms with Crippen molar-refractivity contribution in [3.63, 3.8) is 0 Å². The number of alkyl halides is 2. The first kappa shape index (κ1) is 22.2. The third-order valence-electron chi connectivity index (χ3n) is 5.03. The summed E-state index contributed by atoms with van der Waals surface area (Å²) in [5.41, 5.74) is 0.126. The minimum Gasteiger partial charge on any atom is -0.354 e. The number of hydrogen-bond acceptors (Lipinski definition) is 2. The summed E-state index contributed by atoms with van der Waals surface area (Å²) in [6, 6.07) is 3.99. The number of nitrogens with one attached hydrogen (secondary N) is 2. The van der Waals surface area contributed by atoms with Gasteiger partial charge in [-0.2, -0.15) is 0 Å².